The van der Waals surface area contributed by atoms with Crippen LogP contribution in [0.5, 0.6) is 0 Å². The second kappa shape index (κ2) is 7.80. The smallest absolute Gasteiger partial charge is 0.253 e. The quantitative estimate of drug-likeness (QED) is 0.854. The molecule has 1 spiro atoms. The van der Waals surface area contributed by atoms with Crippen molar-refractivity contribution >= 4 is 23.4 Å². The fraction of sp³-hybridized carbons (Fsp3) is 0.619. The number of rotatable bonds is 4. The van der Waals surface area contributed by atoms with Gasteiger partial charge < -0.3 is 9.80 Å². The molecule has 2 amide bonds. The van der Waals surface area contributed by atoms with Gasteiger partial charge in [-0.25, -0.2) is 0 Å². The summed E-state index contributed by atoms with van der Waals surface area (Å²) < 4.78 is 0. The molecule has 0 saturated carbocycles. The number of likely N-dealkylation sites (tertiary alicyclic amines) is 1. The van der Waals surface area contributed by atoms with Gasteiger partial charge in [-0.2, -0.15) is 0 Å². The Balaban J connectivity index is 1.76. The maximum absolute atomic E-state index is 13.1. The number of hydrogen-bond donors (Lipinski definition) is 1. The van der Waals surface area contributed by atoms with Crippen molar-refractivity contribution in [2.24, 2.45) is 5.92 Å². The maximum atomic E-state index is 13.1. The zero-order valence-electron chi connectivity index (χ0n) is 16.7. The average Bonchev–Trinajstić information content (AvgIpc) is 2.94. The summed E-state index contributed by atoms with van der Waals surface area (Å²) in [5, 5.41) is 4.28. The summed E-state index contributed by atoms with van der Waals surface area (Å²) in [6.45, 7) is 9.69. The molecule has 0 bridgehead atoms. The second-order valence-electron chi connectivity index (χ2n) is 8.16. The summed E-state index contributed by atoms with van der Waals surface area (Å²) >= 11 is 5.93. The van der Waals surface area contributed by atoms with Gasteiger partial charge in [0.1, 0.15) is 0 Å². The number of carbonyl (C=O) groups excluding carboxylic acids is 2. The highest BCUT2D eigenvalue weighted by atomic mass is 35.5. The van der Waals surface area contributed by atoms with E-state index in [1.54, 1.807) is 24.3 Å². The van der Waals surface area contributed by atoms with Crippen molar-refractivity contribution < 1.29 is 9.59 Å². The first-order valence-corrected chi connectivity index (χ1v) is 10.3. The Morgan fingerprint density at radius 3 is 2.33 bits per heavy atom. The van der Waals surface area contributed by atoms with Crippen LogP contribution in [0, 0.1) is 5.92 Å². The number of amides is 2. The van der Waals surface area contributed by atoms with E-state index in [0.29, 0.717) is 23.7 Å². The first kappa shape index (κ1) is 20.2. The molecule has 2 fully saturated rings. The molecule has 2 heterocycles. The van der Waals surface area contributed by atoms with E-state index >= 15 is 0 Å². The van der Waals surface area contributed by atoms with Crippen molar-refractivity contribution in [2.45, 2.75) is 64.7 Å². The number of piperidine rings is 1. The first-order valence-electron chi connectivity index (χ1n) is 9.95. The van der Waals surface area contributed by atoms with Crippen molar-refractivity contribution in [3.63, 3.8) is 0 Å². The van der Waals surface area contributed by atoms with Crippen molar-refractivity contribution in [3.05, 3.63) is 34.9 Å². The predicted molar refractivity (Wildman–Crippen MR) is 108 cm³/mol. The minimum Gasteiger partial charge on any atom is -0.338 e. The number of nitrogens with zero attached hydrogens (tertiary/aromatic N) is 2. The van der Waals surface area contributed by atoms with Crippen LogP contribution in [0.2, 0.25) is 5.02 Å². The van der Waals surface area contributed by atoms with E-state index < -0.39 is 0 Å². The highest BCUT2D eigenvalue weighted by Gasteiger charge is 2.53. The number of benzene rings is 1. The molecule has 0 radical (unpaired) electrons. The third kappa shape index (κ3) is 3.72. The van der Waals surface area contributed by atoms with Crippen LogP contribution in [-0.2, 0) is 4.79 Å². The van der Waals surface area contributed by atoms with Crippen LogP contribution in [0.25, 0.3) is 0 Å². The van der Waals surface area contributed by atoms with Gasteiger partial charge >= 0.3 is 0 Å². The van der Waals surface area contributed by atoms with Crippen LogP contribution < -0.4 is 5.32 Å². The van der Waals surface area contributed by atoms with Crippen molar-refractivity contribution in [1.29, 1.82) is 0 Å². The molecule has 2 aliphatic heterocycles. The number of halogens is 1. The summed E-state index contributed by atoms with van der Waals surface area (Å²) in [6.07, 6.45) is 2.44. The lowest BCUT2D eigenvalue weighted by Crippen LogP contribution is -2.61. The normalized spacial score (nSPS) is 23.3. The molecule has 5 nitrogen and oxygen atoms in total. The van der Waals surface area contributed by atoms with Gasteiger partial charge in [0.15, 0.2) is 0 Å². The van der Waals surface area contributed by atoms with Gasteiger partial charge in [0.25, 0.3) is 5.91 Å². The highest BCUT2D eigenvalue weighted by molar-refractivity contribution is 6.30. The molecule has 1 aromatic rings. The van der Waals surface area contributed by atoms with E-state index in [9.17, 15) is 9.59 Å². The van der Waals surface area contributed by atoms with E-state index in [4.69, 9.17) is 11.6 Å². The van der Waals surface area contributed by atoms with Crippen LogP contribution in [0.15, 0.2) is 24.3 Å². The topological polar surface area (TPSA) is 52.7 Å². The van der Waals surface area contributed by atoms with E-state index in [0.717, 1.165) is 19.3 Å². The van der Waals surface area contributed by atoms with Crippen molar-refractivity contribution in [1.82, 2.24) is 15.1 Å². The van der Waals surface area contributed by atoms with Crippen LogP contribution in [0.3, 0.4) is 0 Å². The van der Waals surface area contributed by atoms with Gasteiger partial charge in [0.2, 0.25) is 5.91 Å². The van der Waals surface area contributed by atoms with Crippen LogP contribution in [0.1, 0.15) is 57.3 Å². The second-order valence-corrected chi connectivity index (χ2v) is 8.60. The lowest BCUT2D eigenvalue weighted by molar-refractivity contribution is -0.136. The molecule has 27 heavy (non-hydrogen) atoms. The van der Waals surface area contributed by atoms with Gasteiger partial charge in [0, 0.05) is 42.6 Å². The zero-order chi connectivity index (χ0) is 19.8. The van der Waals surface area contributed by atoms with Crippen LogP contribution >= 0.6 is 11.6 Å². The Kier molecular flexibility index (Phi) is 5.82. The molecule has 2 saturated heterocycles. The maximum Gasteiger partial charge on any atom is 0.253 e. The average molecular weight is 392 g/mol. The molecule has 148 valence electrons. The number of hydrogen-bond acceptors (Lipinski definition) is 3. The van der Waals surface area contributed by atoms with E-state index in [1.165, 1.54) is 0 Å². The molecule has 0 aliphatic carbocycles. The lowest BCUT2D eigenvalue weighted by Gasteiger charge is -2.46. The molecular weight excluding hydrogens is 362 g/mol. The molecule has 0 aromatic heterocycles. The molecule has 6 heteroatoms. The summed E-state index contributed by atoms with van der Waals surface area (Å²) in [7, 11) is 0. The van der Waals surface area contributed by atoms with Gasteiger partial charge in [-0.15, -0.1) is 0 Å². The van der Waals surface area contributed by atoms with Crippen molar-refractivity contribution in [3.8, 4) is 0 Å². The third-order valence-corrected chi connectivity index (χ3v) is 6.31. The fourth-order valence-electron chi connectivity index (χ4n) is 4.29. The molecular formula is C21H30ClN3O2. The fourth-order valence-corrected chi connectivity index (χ4v) is 4.42. The van der Waals surface area contributed by atoms with Gasteiger partial charge in [0.05, 0.1) is 11.7 Å². The van der Waals surface area contributed by atoms with E-state index in [1.807, 2.05) is 4.90 Å². The molecule has 0 unspecified atom stereocenters. The minimum atomic E-state index is -0.335. The van der Waals surface area contributed by atoms with Crippen LogP contribution in [0.4, 0.5) is 0 Å². The Morgan fingerprint density at radius 1 is 1.22 bits per heavy atom. The van der Waals surface area contributed by atoms with E-state index in [-0.39, 0.29) is 35.5 Å². The zero-order valence-corrected chi connectivity index (χ0v) is 17.4. The van der Waals surface area contributed by atoms with Gasteiger partial charge in [-0.05, 0) is 43.5 Å². The highest BCUT2D eigenvalue weighted by Crippen LogP contribution is 2.36. The third-order valence-electron chi connectivity index (χ3n) is 6.06. The molecule has 2 aliphatic rings. The monoisotopic (exact) mass is 391 g/mol. The molecule has 2 atom stereocenters. The Morgan fingerprint density at radius 2 is 1.81 bits per heavy atom. The van der Waals surface area contributed by atoms with Crippen LogP contribution in [-0.4, -0.2) is 52.5 Å². The molecule has 1 N–H and O–H groups in total. The largest absolute Gasteiger partial charge is 0.338 e. The minimum absolute atomic E-state index is 0.0290. The summed E-state index contributed by atoms with van der Waals surface area (Å²) in [5.74, 6) is 0.482. The molecule has 1 aromatic carbocycles. The Labute approximate surface area is 167 Å². The molecule has 3 rings (SSSR count). The summed E-state index contributed by atoms with van der Waals surface area (Å²) in [5.41, 5.74) is 0.322. The standard InChI is InChI=1S/C21H30ClN3O2/c1-5-15(4)25-20(27)18(14(2)3)23-21(25)10-12-24(13-11-21)19(26)16-6-8-17(22)9-7-16/h6-9,14-15,18,23H,5,10-13H2,1-4H3/t15-,18+/m0/s1. The van der Waals surface area contributed by atoms with E-state index in [2.05, 4.69) is 37.9 Å². The Bertz CT molecular complexity index is 696. The predicted octanol–water partition coefficient (Wildman–Crippen LogP) is 3.53. The number of nitrogens with one attached hydrogen (secondary N) is 1. The first-order chi connectivity index (χ1) is 12.8. The van der Waals surface area contributed by atoms with Gasteiger partial charge in [-0.1, -0.05) is 32.4 Å². The summed E-state index contributed by atoms with van der Waals surface area (Å²) in [6, 6.07) is 7.08. The van der Waals surface area contributed by atoms with Gasteiger partial charge in [-0.3, -0.25) is 14.9 Å². The Hall–Kier alpha value is -1.59. The lowest BCUT2D eigenvalue weighted by atomic mass is 9.93. The van der Waals surface area contributed by atoms with Crippen molar-refractivity contribution in [2.75, 3.05) is 13.1 Å². The summed E-state index contributed by atoms with van der Waals surface area (Å²) in [4.78, 5) is 29.8. The number of carbonyl (C=O) groups is 2. The SMILES string of the molecule is CC[C@H](C)N1C(=O)[C@@H](C(C)C)NC12CCN(C(=O)c1ccc(Cl)cc1)CC2.